The van der Waals surface area contributed by atoms with Gasteiger partial charge in [0.2, 0.25) is 0 Å². The monoisotopic (exact) mass is 230 g/mol. The van der Waals surface area contributed by atoms with Crippen molar-refractivity contribution in [3.8, 4) is 0 Å². The molecule has 92 valence electrons. The smallest absolute Gasteiger partial charge is 0.0369 e. The van der Waals surface area contributed by atoms with Gasteiger partial charge >= 0.3 is 0 Å². The molecule has 2 heterocycles. The molecule has 3 rings (SSSR count). The summed E-state index contributed by atoms with van der Waals surface area (Å²) in [6, 6.07) is 3.38. The van der Waals surface area contributed by atoms with Crippen molar-refractivity contribution in [2.75, 3.05) is 0 Å². The number of hydrogen-bond donors (Lipinski definition) is 1. The fraction of sp³-hybridized carbons (Fsp3) is 0.667. The van der Waals surface area contributed by atoms with Crippen molar-refractivity contribution >= 4 is 0 Å². The Balaban J connectivity index is 1.88. The molecule has 0 radical (unpaired) electrons. The van der Waals surface area contributed by atoms with Gasteiger partial charge in [-0.25, -0.2) is 0 Å². The van der Waals surface area contributed by atoms with Gasteiger partial charge in [0, 0.05) is 24.5 Å². The maximum Gasteiger partial charge on any atom is 0.0369 e. The van der Waals surface area contributed by atoms with Crippen molar-refractivity contribution in [3.05, 3.63) is 29.6 Å². The second-order valence-corrected chi connectivity index (χ2v) is 5.72. The molecule has 17 heavy (non-hydrogen) atoms. The lowest BCUT2D eigenvalue weighted by atomic mass is 9.78. The number of hydrogen-bond acceptors (Lipinski definition) is 2. The number of fused-ring (bicyclic) bond motifs is 1. The lowest BCUT2D eigenvalue weighted by Crippen LogP contribution is -2.41. The van der Waals surface area contributed by atoms with Crippen LogP contribution in [-0.4, -0.2) is 11.0 Å². The van der Waals surface area contributed by atoms with Gasteiger partial charge in [-0.3, -0.25) is 4.98 Å². The van der Waals surface area contributed by atoms with E-state index in [1.807, 2.05) is 6.20 Å². The number of rotatable bonds is 1. The molecule has 2 unspecified atom stereocenters. The Bertz CT molecular complexity index is 382. The van der Waals surface area contributed by atoms with Crippen LogP contribution in [0.5, 0.6) is 0 Å². The van der Waals surface area contributed by atoms with E-state index in [9.17, 15) is 0 Å². The summed E-state index contributed by atoms with van der Waals surface area (Å²) >= 11 is 0. The third kappa shape index (κ3) is 2.23. The average Bonchev–Trinajstić information content (AvgIpc) is 2.39. The highest BCUT2D eigenvalue weighted by molar-refractivity contribution is 5.30. The predicted molar refractivity (Wildman–Crippen MR) is 69.9 cm³/mol. The zero-order valence-corrected chi connectivity index (χ0v) is 10.7. The maximum atomic E-state index is 4.33. The largest absolute Gasteiger partial charge is 0.307 e. The van der Waals surface area contributed by atoms with Gasteiger partial charge in [-0.15, -0.1) is 0 Å². The van der Waals surface area contributed by atoms with E-state index in [4.69, 9.17) is 0 Å². The molecule has 2 aliphatic rings. The summed E-state index contributed by atoms with van der Waals surface area (Å²) in [7, 11) is 0. The van der Waals surface area contributed by atoms with Crippen molar-refractivity contribution < 1.29 is 0 Å². The van der Waals surface area contributed by atoms with Crippen molar-refractivity contribution in [1.82, 2.24) is 10.3 Å². The molecule has 1 N–H and O–H groups in total. The van der Waals surface area contributed by atoms with Crippen LogP contribution in [0.1, 0.15) is 56.2 Å². The molecule has 2 heteroatoms. The summed E-state index contributed by atoms with van der Waals surface area (Å²) in [6.45, 7) is 2.30. The summed E-state index contributed by atoms with van der Waals surface area (Å²) in [6.07, 6.45) is 12.2. The topological polar surface area (TPSA) is 24.9 Å². The first-order chi connectivity index (χ1) is 8.34. The molecule has 0 amide bonds. The SMILES string of the molecule is CC1Cc2ccncc2C(C2CCCCC2)N1. The standard InChI is InChI=1S/C15H22N2/c1-11-9-13-7-8-16-10-14(13)15(17-11)12-5-3-2-4-6-12/h7-8,10-12,15,17H,2-6,9H2,1H3. The molecule has 0 aromatic carbocycles. The molecular formula is C15H22N2. The van der Waals surface area contributed by atoms with E-state index in [0.717, 1.165) is 12.3 Å². The van der Waals surface area contributed by atoms with Gasteiger partial charge in [0.15, 0.2) is 0 Å². The minimum absolute atomic E-state index is 0.558. The number of aromatic nitrogens is 1. The fourth-order valence-corrected chi connectivity index (χ4v) is 3.54. The van der Waals surface area contributed by atoms with Crippen LogP contribution in [0, 0.1) is 5.92 Å². The molecule has 0 spiro atoms. The van der Waals surface area contributed by atoms with E-state index < -0.39 is 0 Å². The fourth-order valence-electron chi connectivity index (χ4n) is 3.54. The lowest BCUT2D eigenvalue weighted by Gasteiger charge is -2.38. The molecule has 1 aromatic heterocycles. The molecule has 0 saturated heterocycles. The Morgan fingerprint density at radius 3 is 2.88 bits per heavy atom. The zero-order valence-electron chi connectivity index (χ0n) is 10.7. The van der Waals surface area contributed by atoms with E-state index >= 15 is 0 Å². The molecule has 1 fully saturated rings. The van der Waals surface area contributed by atoms with Crippen LogP contribution in [0.25, 0.3) is 0 Å². The molecule has 1 aliphatic heterocycles. The van der Waals surface area contributed by atoms with Gasteiger partial charge in [0.25, 0.3) is 0 Å². The van der Waals surface area contributed by atoms with Gasteiger partial charge in [0.05, 0.1) is 0 Å². The van der Waals surface area contributed by atoms with Crippen LogP contribution >= 0.6 is 0 Å². The van der Waals surface area contributed by atoms with Crippen LogP contribution in [0.2, 0.25) is 0 Å². The molecule has 1 aliphatic carbocycles. The Morgan fingerprint density at radius 1 is 1.24 bits per heavy atom. The Hall–Kier alpha value is -0.890. The lowest BCUT2D eigenvalue weighted by molar-refractivity contribution is 0.245. The maximum absolute atomic E-state index is 4.33. The second kappa shape index (κ2) is 4.77. The Labute approximate surface area is 104 Å². The van der Waals surface area contributed by atoms with Gasteiger partial charge in [-0.2, -0.15) is 0 Å². The second-order valence-electron chi connectivity index (χ2n) is 5.72. The third-order valence-corrected chi connectivity index (χ3v) is 4.39. The third-order valence-electron chi connectivity index (χ3n) is 4.39. The highest BCUT2D eigenvalue weighted by Crippen LogP contribution is 2.37. The minimum Gasteiger partial charge on any atom is -0.307 e. The van der Waals surface area contributed by atoms with Crippen LogP contribution in [0.3, 0.4) is 0 Å². The first-order valence-corrected chi connectivity index (χ1v) is 7.03. The van der Waals surface area contributed by atoms with Crippen LogP contribution < -0.4 is 5.32 Å². The van der Waals surface area contributed by atoms with Gasteiger partial charge in [-0.1, -0.05) is 19.3 Å². The van der Waals surface area contributed by atoms with E-state index in [1.54, 1.807) is 0 Å². The molecule has 2 atom stereocenters. The van der Waals surface area contributed by atoms with Crippen molar-refractivity contribution in [2.45, 2.75) is 57.5 Å². The van der Waals surface area contributed by atoms with E-state index in [-0.39, 0.29) is 0 Å². The van der Waals surface area contributed by atoms with E-state index in [0.29, 0.717) is 12.1 Å². The number of nitrogens with zero attached hydrogens (tertiary/aromatic N) is 1. The van der Waals surface area contributed by atoms with Gasteiger partial charge in [0.1, 0.15) is 0 Å². The first-order valence-electron chi connectivity index (χ1n) is 7.03. The first kappa shape index (κ1) is 11.2. The van der Waals surface area contributed by atoms with E-state index in [2.05, 4.69) is 29.5 Å². The van der Waals surface area contributed by atoms with Gasteiger partial charge < -0.3 is 5.32 Å². The number of nitrogens with one attached hydrogen (secondary N) is 1. The van der Waals surface area contributed by atoms with Crippen LogP contribution in [0.15, 0.2) is 18.5 Å². The van der Waals surface area contributed by atoms with Crippen molar-refractivity contribution in [3.63, 3.8) is 0 Å². The Morgan fingerprint density at radius 2 is 2.06 bits per heavy atom. The average molecular weight is 230 g/mol. The molecular weight excluding hydrogens is 208 g/mol. The molecule has 2 nitrogen and oxygen atoms in total. The quantitative estimate of drug-likeness (QED) is 0.801. The van der Waals surface area contributed by atoms with Crippen molar-refractivity contribution in [1.29, 1.82) is 0 Å². The summed E-state index contributed by atoms with van der Waals surface area (Å²) in [5.74, 6) is 0.828. The zero-order chi connectivity index (χ0) is 11.7. The van der Waals surface area contributed by atoms with Gasteiger partial charge in [-0.05, 0) is 49.3 Å². The van der Waals surface area contributed by atoms with Crippen LogP contribution in [0.4, 0.5) is 0 Å². The molecule has 1 saturated carbocycles. The summed E-state index contributed by atoms with van der Waals surface area (Å²) in [5, 5.41) is 3.80. The molecule has 0 bridgehead atoms. The summed E-state index contributed by atoms with van der Waals surface area (Å²) in [5.41, 5.74) is 2.99. The predicted octanol–water partition coefficient (Wildman–Crippen LogP) is 3.24. The summed E-state index contributed by atoms with van der Waals surface area (Å²) in [4.78, 5) is 4.33. The van der Waals surface area contributed by atoms with Crippen LogP contribution in [-0.2, 0) is 6.42 Å². The normalized spacial score (nSPS) is 29.9. The van der Waals surface area contributed by atoms with E-state index in [1.165, 1.54) is 43.2 Å². The Kier molecular flexibility index (Phi) is 3.15. The van der Waals surface area contributed by atoms with Crippen molar-refractivity contribution in [2.24, 2.45) is 5.92 Å². The highest BCUT2D eigenvalue weighted by atomic mass is 15.0. The summed E-state index contributed by atoms with van der Waals surface area (Å²) < 4.78 is 0. The highest BCUT2D eigenvalue weighted by Gasteiger charge is 2.30. The molecule has 1 aromatic rings. The minimum atomic E-state index is 0.558. The number of pyridine rings is 1.